The van der Waals surface area contributed by atoms with Crippen LogP contribution in [0, 0.1) is 5.92 Å². The van der Waals surface area contributed by atoms with E-state index < -0.39 is 5.92 Å². The molecular weight excluding hydrogens is 464 g/mol. The zero-order valence-corrected chi connectivity index (χ0v) is 19.5. The highest BCUT2D eigenvalue weighted by Gasteiger charge is 2.38. The number of fused-ring (bicyclic) bond motifs is 2. The number of carbonyl (C=O) groups excluding carboxylic acids is 2. The molecule has 1 aliphatic carbocycles. The first-order valence-electron chi connectivity index (χ1n) is 10.9. The summed E-state index contributed by atoms with van der Waals surface area (Å²) in [5, 5.41) is 0.936. The molecule has 4 aliphatic rings. The molecule has 3 aliphatic heterocycles. The number of piperazine rings is 1. The maximum atomic E-state index is 13.0. The molecule has 1 aromatic carbocycles. The van der Waals surface area contributed by atoms with Crippen LogP contribution in [-0.2, 0) is 19.1 Å². The smallest absolute Gasteiger partial charge is 0.241 e. The van der Waals surface area contributed by atoms with Gasteiger partial charge in [-0.15, -0.1) is 0 Å². The summed E-state index contributed by atoms with van der Waals surface area (Å²) in [6, 6.07) is 7.75. The van der Waals surface area contributed by atoms with Crippen LogP contribution in [-0.4, -0.2) is 72.0 Å². The van der Waals surface area contributed by atoms with Gasteiger partial charge in [0.05, 0.1) is 5.71 Å². The molecule has 0 bridgehead atoms. The lowest BCUT2D eigenvalue weighted by Crippen LogP contribution is -2.49. The van der Waals surface area contributed by atoms with E-state index in [-0.39, 0.29) is 23.7 Å². The second-order valence-corrected chi connectivity index (χ2v) is 8.98. The lowest BCUT2D eigenvalue weighted by atomic mass is 9.94. The zero-order chi connectivity index (χ0) is 22.9. The van der Waals surface area contributed by atoms with E-state index in [1.807, 2.05) is 29.2 Å². The molecule has 8 nitrogen and oxygen atoms in total. The monoisotopic (exact) mass is 486 g/mol. The van der Waals surface area contributed by atoms with Crippen molar-refractivity contribution in [2.24, 2.45) is 10.9 Å². The first-order valence-corrected chi connectivity index (χ1v) is 11.7. The Labute approximate surface area is 202 Å². The number of aliphatic imine (C=N–C) groups is 1. The number of hydrogen-bond donors (Lipinski definition) is 0. The number of nitrogens with zero attached hydrogens (tertiary/aromatic N) is 4. The summed E-state index contributed by atoms with van der Waals surface area (Å²) >= 11 is 11.3. The second-order valence-electron chi connectivity index (χ2n) is 8.18. The Morgan fingerprint density at radius 1 is 1.12 bits per heavy atom. The van der Waals surface area contributed by atoms with Crippen LogP contribution in [0.4, 0.5) is 5.69 Å². The van der Waals surface area contributed by atoms with Crippen LogP contribution < -0.4 is 4.90 Å². The van der Waals surface area contributed by atoms with Gasteiger partial charge in [0.25, 0.3) is 0 Å². The molecular formula is C23H23ClN4O4S. The lowest BCUT2D eigenvalue weighted by molar-refractivity contribution is -0.132. The second kappa shape index (κ2) is 9.15. The van der Waals surface area contributed by atoms with E-state index in [4.69, 9.17) is 33.3 Å². The summed E-state index contributed by atoms with van der Waals surface area (Å²) < 4.78 is 10.7. The zero-order valence-electron chi connectivity index (χ0n) is 17.9. The average molecular weight is 487 g/mol. The standard InChI is InChI=1S/C23H23ClN4O4S/c24-15-3-5-16(6-4-15)26-8-10-27(11-9-26)21(29)2-1-7-28-22(30)17-12-19-20(32-14-31-19)13-18(17)25-23(28)33/h3-6,12-13,17H,1-2,7-11,14H2. The van der Waals surface area contributed by atoms with Crippen LogP contribution in [0.25, 0.3) is 0 Å². The molecule has 0 saturated carbocycles. The fourth-order valence-electron chi connectivity index (χ4n) is 4.35. The molecule has 1 aromatic rings. The predicted octanol–water partition coefficient (Wildman–Crippen LogP) is 2.74. The third-order valence-electron chi connectivity index (χ3n) is 6.17. The van der Waals surface area contributed by atoms with Gasteiger partial charge in [0.15, 0.2) is 11.5 Å². The first-order chi connectivity index (χ1) is 16.0. The third kappa shape index (κ3) is 4.47. The Morgan fingerprint density at radius 2 is 1.85 bits per heavy atom. The number of allylic oxidation sites excluding steroid dienone is 1. The largest absolute Gasteiger partial charge is 0.454 e. The fourth-order valence-corrected chi connectivity index (χ4v) is 4.77. The van der Waals surface area contributed by atoms with Crippen molar-refractivity contribution in [3.05, 3.63) is 53.0 Å². The van der Waals surface area contributed by atoms with Crippen molar-refractivity contribution < 1.29 is 19.1 Å². The Bertz CT molecular complexity index is 1080. The molecule has 5 rings (SSSR count). The molecule has 0 spiro atoms. The molecule has 1 atom stereocenters. The van der Waals surface area contributed by atoms with Gasteiger partial charge < -0.3 is 19.3 Å². The van der Waals surface area contributed by atoms with Crippen molar-refractivity contribution in [1.82, 2.24) is 9.80 Å². The van der Waals surface area contributed by atoms with Crippen LogP contribution in [0.2, 0.25) is 5.02 Å². The Kier molecular flexibility index (Phi) is 6.07. The maximum Gasteiger partial charge on any atom is 0.241 e. The van der Waals surface area contributed by atoms with E-state index in [1.54, 1.807) is 12.2 Å². The molecule has 0 aromatic heterocycles. The molecule has 3 heterocycles. The number of halogens is 1. The minimum Gasteiger partial charge on any atom is -0.454 e. The fraction of sp³-hybridized carbons (Fsp3) is 0.391. The minimum atomic E-state index is -0.534. The summed E-state index contributed by atoms with van der Waals surface area (Å²) in [7, 11) is 0. The topological polar surface area (TPSA) is 74.7 Å². The van der Waals surface area contributed by atoms with Crippen molar-refractivity contribution in [3.8, 4) is 0 Å². The van der Waals surface area contributed by atoms with Crippen molar-refractivity contribution in [1.29, 1.82) is 0 Å². The number of amides is 2. The highest BCUT2D eigenvalue weighted by Crippen LogP contribution is 2.31. The van der Waals surface area contributed by atoms with E-state index in [1.165, 1.54) is 4.90 Å². The van der Waals surface area contributed by atoms with E-state index in [0.29, 0.717) is 54.7 Å². The van der Waals surface area contributed by atoms with Gasteiger partial charge in [0, 0.05) is 55.9 Å². The normalized spacial score (nSPS) is 22.0. The van der Waals surface area contributed by atoms with Crippen LogP contribution in [0.3, 0.4) is 0 Å². The summed E-state index contributed by atoms with van der Waals surface area (Å²) in [5.41, 5.74) is 1.68. The summed E-state index contributed by atoms with van der Waals surface area (Å²) in [5.74, 6) is 0.555. The molecule has 2 amide bonds. The number of ether oxygens (including phenoxy) is 2. The number of benzene rings is 1. The van der Waals surface area contributed by atoms with Crippen molar-refractivity contribution in [2.75, 3.05) is 44.4 Å². The van der Waals surface area contributed by atoms with E-state index in [2.05, 4.69) is 9.89 Å². The van der Waals surface area contributed by atoms with Gasteiger partial charge in [-0.05, 0) is 49.0 Å². The number of thiocarbonyl (C=S) groups is 1. The van der Waals surface area contributed by atoms with Crippen LogP contribution in [0.5, 0.6) is 0 Å². The van der Waals surface area contributed by atoms with Crippen LogP contribution >= 0.6 is 23.8 Å². The summed E-state index contributed by atoms with van der Waals surface area (Å²) in [4.78, 5) is 35.8. The highest BCUT2D eigenvalue weighted by molar-refractivity contribution is 7.80. The van der Waals surface area contributed by atoms with E-state index >= 15 is 0 Å². The molecule has 2 saturated heterocycles. The van der Waals surface area contributed by atoms with Gasteiger partial charge in [-0.1, -0.05) is 11.6 Å². The van der Waals surface area contributed by atoms with Crippen molar-refractivity contribution >= 4 is 52.1 Å². The quantitative estimate of drug-likeness (QED) is 0.596. The number of anilines is 1. The lowest BCUT2D eigenvalue weighted by Gasteiger charge is -2.36. The Morgan fingerprint density at radius 3 is 2.61 bits per heavy atom. The number of rotatable bonds is 5. The minimum absolute atomic E-state index is 0.0918. The van der Waals surface area contributed by atoms with E-state index in [0.717, 1.165) is 18.8 Å². The number of hydrogen-bond acceptors (Lipinski definition) is 6. The Hall–Kier alpha value is -2.91. The van der Waals surface area contributed by atoms with Gasteiger partial charge in [0.2, 0.25) is 23.7 Å². The Balaban J connectivity index is 1.12. The van der Waals surface area contributed by atoms with Gasteiger partial charge in [0.1, 0.15) is 5.92 Å². The van der Waals surface area contributed by atoms with E-state index in [9.17, 15) is 9.59 Å². The molecule has 172 valence electrons. The van der Waals surface area contributed by atoms with Gasteiger partial charge in [-0.25, -0.2) is 4.99 Å². The SMILES string of the molecule is O=C(CCCN1C(=O)C2C=C3OCOC3=CC2=NC1=S)N1CCN(c2ccc(Cl)cc2)CC1. The molecule has 33 heavy (non-hydrogen) atoms. The molecule has 0 radical (unpaired) electrons. The average Bonchev–Trinajstić information content (AvgIpc) is 3.28. The molecule has 10 heteroatoms. The molecule has 1 unspecified atom stereocenters. The van der Waals surface area contributed by atoms with Gasteiger partial charge in [-0.3, -0.25) is 14.5 Å². The number of carbonyl (C=O) groups is 2. The van der Waals surface area contributed by atoms with Crippen molar-refractivity contribution in [3.63, 3.8) is 0 Å². The predicted molar refractivity (Wildman–Crippen MR) is 128 cm³/mol. The van der Waals surface area contributed by atoms with Gasteiger partial charge >= 0.3 is 0 Å². The highest BCUT2D eigenvalue weighted by atomic mass is 35.5. The first kappa shape index (κ1) is 21.9. The van der Waals surface area contributed by atoms with Crippen molar-refractivity contribution in [2.45, 2.75) is 12.8 Å². The molecule has 0 N–H and O–H groups in total. The maximum absolute atomic E-state index is 13.0. The van der Waals surface area contributed by atoms with Crippen LogP contribution in [0.1, 0.15) is 12.8 Å². The summed E-state index contributed by atoms with van der Waals surface area (Å²) in [6.45, 7) is 3.38. The van der Waals surface area contributed by atoms with Gasteiger partial charge in [-0.2, -0.15) is 0 Å². The van der Waals surface area contributed by atoms with Crippen LogP contribution in [0.15, 0.2) is 52.9 Å². The summed E-state index contributed by atoms with van der Waals surface area (Å²) in [6.07, 6.45) is 4.32. The molecule has 2 fully saturated rings. The third-order valence-corrected chi connectivity index (χ3v) is 6.74.